The highest BCUT2D eigenvalue weighted by Gasteiger charge is 2.56. The molecule has 8 nitrogen and oxygen atoms in total. The number of aromatic nitrogens is 4. The molecule has 0 atom stereocenters. The van der Waals surface area contributed by atoms with Crippen molar-refractivity contribution in [1.82, 2.24) is 19.2 Å². The van der Waals surface area contributed by atoms with Gasteiger partial charge in [-0.2, -0.15) is 0 Å². The Morgan fingerprint density at radius 3 is 2.72 bits per heavy atom. The lowest BCUT2D eigenvalue weighted by atomic mass is 10.1. The van der Waals surface area contributed by atoms with E-state index in [-0.39, 0.29) is 11.4 Å². The molecule has 0 unspecified atom stereocenters. The molecule has 4 rings (SSSR count). The summed E-state index contributed by atoms with van der Waals surface area (Å²) in [6, 6.07) is 0. The third-order valence-electron chi connectivity index (χ3n) is 5.00. The van der Waals surface area contributed by atoms with Gasteiger partial charge in [-0.15, -0.1) is 10.2 Å². The molecule has 25 heavy (non-hydrogen) atoms. The van der Waals surface area contributed by atoms with Crippen molar-refractivity contribution in [3.63, 3.8) is 0 Å². The van der Waals surface area contributed by atoms with Gasteiger partial charge < -0.3 is 5.11 Å². The van der Waals surface area contributed by atoms with Gasteiger partial charge in [0.15, 0.2) is 5.82 Å². The average Bonchev–Trinajstić information content (AvgIpc) is 3.11. The Morgan fingerprint density at radius 1 is 1.32 bits per heavy atom. The molecular weight excluding hydrogens is 390 g/mol. The number of hydrogen-bond acceptors (Lipinski definition) is 5. The van der Waals surface area contributed by atoms with E-state index in [1.807, 2.05) is 4.57 Å². The van der Waals surface area contributed by atoms with Gasteiger partial charge in [-0.3, -0.25) is 14.2 Å². The summed E-state index contributed by atoms with van der Waals surface area (Å²) < 4.78 is 3.99. The Hall–Kier alpha value is -2.03. The van der Waals surface area contributed by atoms with E-state index in [2.05, 4.69) is 38.0 Å². The molecule has 1 saturated carbocycles. The van der Waals surface area contributed by atoms with Crippen LogP contribution in [-0.4, -0.2) is 34.9 Å². The van der Waals surface area contributed by atoms with Gasteiger partial charge in [0.2, 0.25) is 5.78 Å². The van der Waals surface area contributed by atoms with Crippen molar-refractivity contribution in [2.24, 2.45) is 4.99 Å². The predicted octanol–water partition coefficient (Wildman–Crippen LogP) is 2.18. The molecule has 2 aliphatic rings. The number of rotatable bonds is 6. The highest BCUT2D eigenvalue weighted by atomic mass is 79.9. The summed E-state index contributed by atoms with van der Waals surface area (Å²) in [6.07, 6.45) is 4.44. The Labute approximate surface area is 151 Å². The Morgan fingerprint density at radius 2 is 2.08 bits per heavy atom. The summed E-state index contributed by atoms with van der Waals surface area (Å²) >= 11 is 3.38. The molecule has 0 bridgehead atoms. The minimum Gasteiger partial charge on any atom is -0.480 e. The number of unbranched alkanes of at least 4 members (excludes halogenated alkanes) is 2. The standard InChI is InChI=1S/C16H18BrN5O3/c1-2-3-4-7-21-11-9(8-10(17)18-11)12(23)22-13(19-20-15(21)22)16(5-6-16)14(24)25/h2-8H2,1H3,(H,24,25). The van der Waals surface area contributed by atoms with E-state index in [9.17, 15) is 14.7 Å². The van der Waals surface area contributed by atoms with Gasteiger partial charge in [-0.1, -0.05) is 19.8 Å². The maximum absolute atomic E-state index is 13.0. The molecule has 1 fully saturated rings. The highest BCUT2D eigenvalue weighted by Crippen LogP contribution is 2.47. The van der Waals surface area contributed by atoms with Gasteiger partial charge in [0.25, 0.3) is 5.56 Å². The van der Waals surface area contributed by atoms with Crippen molar-refractivity contribution >= 4 is 38.1 Å². The number of carbonyl (C=O) groups is 1. The SMILES string of the molecule is CCCCCn1c2c(c(=O)n3c(C4(C(=O)O)CC4)nnc13)CC(Br)=N2. The van der Waals surface area contributed by atoms with Crippen molar-refractivity contribution in [1.29, 1.82) is 0 Å². The molecule has 1 aliphatic carbocycles. The molecule has 2 aromatic heterocycles. The number of carboxylic acids is 1. The lowest BCUT2D eigenvalue weighted by Gasteiger charge is -2.13. The summed E-state index contributed by atoms with van der Waals surface area (Å²) in [7, 11) is 0. The monoisotopic (exact) mass is 407 g/mol. The first-order chi connectivity index (χ1) is 12.0. The predicted molar refractivity (Wildman–Crippen MR) is 95.0 cm³/mol. The fourth-order valence-electron chi connectivity index (χ4n) is 3.40. The Kier molecular flexibility index (Phi) is 3.78. The van der Waals surface area contributed by atoms with Crippen LogP contribution in [0.1, 0.15) is 50.4 Å². The molecule has 0 amide bonds. The van der Waals surface area contributed by atoms with Gasteiger partial charge in [0.1, 0.15) is 11.2 Å². The van der Waals surface area contributed by atoms with E-state index >= 15 is 0 Å². The molecule has 0 aromatic carbocycles. The molecule has 3 heterocycles. The summed E-state index contributed by atoms with van der Waals surface area (Å²) in [4.78, 5) is 29.2. The van der Waals surface area contributed by atoms with E-state index in [1.165, 1.54) is 4.40 Å². The van der Waals surface area contributed by atoms with Crippen LogP contribution in [0.3, 0.4) is 0 Å². The van der Waals surface area contributed by atoms with E-state index < -0.39 is 11.4 Å². The van der Waals surface area contributed by atoms with E-state index in [1.54, 1.807) is 0 Å². The fourth-order valence-corrected chi connectivity index (χ4v) is 3.85. The molecule has 0 radical (unpaired) electrons. The van der Waals surface area contributed by atoms with Crippen LogP contribution < -0.4 is 5.56 Å². The van der Waals surface area contributed by atoms with Crippen LogP contribution in [-0.2, 0) is 23.2 Å². The first-order valence-electron chi connectivity index (χ1n) is 8.47. The number of aliphatic carboxylic acids is 1. The van der Waals surface area contributed by atoms with Crippen molar-refractivity contribution < 1.29 is 9.90 Å². The summed E-state index contributed by atoms with van der Waals surface area (Å²) in [6.45, 7) is 2.79. The second-order valence-corrected chi connectivity index (χ2v) is 7.59. The molecular formula is C16H18BrN5O3. The molecule has 1 aliphatic heterocycles. The summed E-state index contributed by atoms with van der Waals surface area (Å²) in [5, 5.41) is 17.9. The molecule has 1 N–H and O–H groups in total. The van der Waals surface area contributed by atoms with Crippen LogP contribution in [0, 0.1) is 0 Å². The number of halogens is 1. The van der Waals surface area contributed by atoms with Crippen molar-refractivity contribution in [3.05, 3.63) is 21.7 Å². The van der Waals surface area contributed by atoms with Gasteiger partial charge in [-0.25, -0.2) is 9.39 Å². The van der Waals surface area contributed by atoms with E-state index in [0.29, 0.717) is 47.6 Å². The summed E-state index contributed by atoms with van der Waals surface area (Å²) in [5.41, 5.74) is -0.773. The molecule has 9 heteroatoms. The molecule has 0 spiro atoms. The van der Waals surface area contributed by atoms with Crippen LogP contribution in [0.5, 0.6) is 0 Å². The third kappa shape index (κ3) is 2.36. The molecule has 0 saturated heterocycles. The smallest absolute Gasteiger partial charge is 0.317 e. The van der Waals surface area contributed by atoms with Crippen molar-refractivity contribution in [2.75, 3.05) is 0 Å². The lowest BCUT2D eigenvalue weighted by Crippen LogP contribution is -2.29. The van der Waals surface area contributed by atoms with Crippen molar-refractivity contribution in [2.45, 2.75) is 57.4 Å². The van der Waals surface area contributed by atoms with Gasteiger partial charge in [-0.05, 0) is 35.2 Å². The second-order valence-electron chi connectivity index (χ2n) is 6.68. The maximum atomic E-state index is 13.0. The summed E-state index contributed by atoms with van der Waals surface area (Å²) in [5.74, 6) is 0.291. The zero-order valence-electron chi connectivity index (χ0n) is 13.8. The van der Waals surface area contributed by atoms with Crippen LogP contribution in [0.25, 0.3) is 5.78 Å². The van der Waals surface area contributed by atoms with Crippen LogP contribution in [0.2, 0.25) is 0 Å². The number of fused-ring (bicyclic) bond motifs is 2. The maximum Gasteiger partial charge on any atom is 0.317 e. The zero-order chi connectivity index (χ0) is 17.8. The number of aryl methyl sites for hydroxylation is 1. The third-order valence-corrected chi connectivity index (χ3v) is 5.45. The first-order valence-corrected chi connectivity index (χ1v) is 9.26. The fraction of sp³-hybridized carbons (Fsp3) is 0.562. The quantitative estimate of drug-likeness (QED) is 0.739. The number of nitrogens with zero attached hydrogens (tertiary/aromatic N) is 5. The topological polar surface area (TPSA) is 102 Å². The molecule has 2 aromatic rings. The van der Waals surface area contributed by atoms with Crippen molar-refractivity contribution in [3.8, 4) is 0 Å². The minimum absolute atomic E-state index is 0.245. The Balaban J connectivity index is 1.95. The second kappa shape index (κ2) is 5.76. The minimum atomic E-state index is -1.08. The lowest BCUT2D eigenvalue weighted by molar-refractivity contribution is -0.140. The van der Waals surface area contributed by atoms with Crippen LogP contribution >= 0.6 is 15.9 Å². The first kappa shape index (κ1) is 16.4. The van der Waals surface area contributed by atoms with Crippen LogP contribution in [0.4, 0.5) is 5.82 Å². The number of carboxylic acid groups (broad SMARTS) is 1. The number of hydrogen-bond donors (Lipinski definition) is 1. The molecule has 132 valence electrons. The Bertz CT molecular complexity index is 970. The van der Waals surface area contributed by atoms with Gasteiger partial charge in [0.05, 0.1) is 10.2 Å². The zero-order valence-corrected chi connectivity index (χ0v) is 15.4. The number of aliphatic imine (C=N–C) groups is 1. The average molecular weight is 408 g/mol. The largest absolute Gasteiger partial charge is 0.480 e. The van der Waals surface area contributed by atoms with Gasteiger partial charge >= 0.3 is 5.97 Å². The van der Waals surface area contributed by atoms with Crippen LogP contribution in [0.15, 0.2) is 9.79 Å². The van der Waals surface area contributed by atoms with Gasteiger partial charge in [0, 0.05) is 13.0 Å². The van der Waals surface area contributed by atoms with E-state index in [4.69, 9.17) is 0 Å². The van der Waals surface area contributed by atoms with E-state index in [0.717, 1.165) is 19.3 Å². The normalized spacial score (nSPS) is 17.6. The highest BCUT2D eigenvalue weighted by molar-refractivity contribution is 9.18.